The molecule has 4 aliphatic rings. The number of rotatable bonds is 5. The van der Waals surface area contributed by atoms with Gasteiger partial charge >= 0.3 is 0 Å². The number of phenols is 1. The molecule has 2 aliphatic carbocycles. The van der Waals surface area contributed by atoms with Gasteiger partial charge in [-0.2, -0.15) is 0 Å². The van der Waals surface area contributed by atoms with Crippen LogP contribution in [-0.4, -0.2) is 55.9 Å². The van der Waals surface area contributed by atoms with Crippen molar-refractivity contribution in [3.05, 3.63) is 62.1 Å². The van der Waals surface area contributed by atoms with E-state index in [1.54, 1.807) is 18.2 Å². The SMILES string of the molecule is CCc1ccc(N2C(=O)[C@H]3[C@H](CC=C4[C@H]3C[C@@]3(Cl)C(=O)N(CBr)C(=O)[C@@]3(Cl)[C@H]4c3cc(OC)c(O)c(Br)c3Br)C2=O)cc1. The van der Waals surface area contributed by atoms with Crippen molar-refractivity contribution in [2.75, 3.05) is 17.5 Å². The van der Waals surface area contributed by atoms with E-state index in [-0.39, 0.29) is 46.1 Å². The van der Waals surface area contributed by atoms with Crippen LogP contribution in [0.1, 0.15) is 36.8 Å². The van der Waals surface area contributed by atoms with Crippen LogP contribution in [0, 0.1) is 17.8 Å². The zero-order valence-corrected chi connectivity index (χ0v) is 29.1. The summed E-state index contributed by atoms with van der Waals surface area (Å²) in [7, 11) is 1.39. The summed E-state index contributed by atoms with van der Waals surface area (Å²) in [5.74, 6) is -5.32. The van der Waals surface area contributed by atoms with Gasteiger partial charge < -0.3 is 9.84 Å². The lowest BCUT2D eigenvalue weighted by molar-refractivity contribution is -0.138. The molecular formula is C30H25Br3Cl2N2O6. The minimum absolute atomic E-state index is 0.102. The first-order valence-electron chi connectivity index (χ1n) is 13.6. The number of carbonyl (C=O) groups excluding carboxylic acids is 4. The summed E-state index contributed by atoms with van der Waals surface area (Å²) in [5, 5.41) is 10.7. The smallest absolute Gasteiger partial charge is 0.254 e. The van der Waals surface area contributed by atoms with Crippen molar-refractivity contribution >= 4 is 100 Å². The number of allylic oxidation sites excluding steroid dienone is 2. The highest BCUT2D eigenvalue weighted by molar-refractivity contribution is 9.13. The Balaban J connectivity index is 1.55. The second kappa shape index (κ2) is 10.9. The number of hydrogen-bond acceptors (Lipinski definition) is 6. The number of halogens is 5. The highest BCUT2D eigenvalue weighted by atomic mass is 79.9. The van der Waals surface area contributed by atoms with E-state index >= 15 is 0 Å². The number of anilines is 1. The van der Waals surface area contributed by atoms with Gasteiger partial charge in [0.25, 0.3) is 11.8 Å². The van der Waals surface area contributed by atoms with E-state index in [0.29, 0.717) is 21.3 Å². The van der Waals surface area contributed by atoms with E-state index < -0.39 is 45.2 Å². The minimum atomic E-state index is -1.99. The lowest BCUT2D eigenvalue weighted by Gasteiger charge is -2.51. The van der Waals surface area contributed by atoms with E-state index in [4.69, 9.17) is 27.9 Å². The van der Waals surface area contributed by atoms with Crippen LogP contribution in [0.5, 0.6) is 11.5 Å². The molecule has 1 saturated carbocycles. The molecule has 0 aromatic heterocycles. The van der Waals surface area contributed by atoms with Crippen molar-refractivity contribution in [1.29, 1.82) is 0 Å². The maximum absolute atomic E-state index is 14.2. The van der Waals surface area contributed by atoms with Crippen molar-refractivity contribution in [2.45, 2.75) is 41.9 Å². The number of aromatic hydroxyl groups is 1. The molecule has 226 valence electrons. The third kappa shape index (κ3) is 4.10. The van der Waals surface area contributed by atoms with E-state index in [1.807, 2.05) is 25.1 Å². The average molecular weight is 820 g/mol. The number of amides is 4. The number of aryl methyl sites for hydroxylation is 1. The lowest BCUT2D eigenvalue weighted by atomic mass is 9.56. The molecule has 6 atom stereocenters. The fourth-order valence-corrected chi connectivity index (χ4v) is 9.58. The molecule has 2 heterocycles. The summed E-state index contributed by atoms with van der Waals surface area (Å²) in [4.78, 5) is 54.1. The first-order valence-corrected chi connectivity index (χ1v) is 17.0. The van der Waals surface area contributed by atoms with Crippen LogP contribution in [0.15, 0.2) is 50.9 Å². The monoisotopic (exact) mass is 816 g/mol. The first-order chi connectivity index (χ1) is 20.4. The fraction of sp³-hybridized carbons (Fsp3) is 0.400. The number of fused-ring (bicyclic) bond motifs is 4. The Hall–Kier alpha value is -1.92. The number of phenolic OH excluding ortho intramolecular Hbond substituents is 1. The number of methoxy groups -OCH3 is 1. The van der Waals surface area contributed by atoms with E-state index in [0.717, 1.165) is 16.9 Å². The number of likely N-dealkylation sites (tertiary alicyclic amines) is 1. The van der Waals surface area contributed by atoms with Crippen LogP contribution in [0.2, 0.25) is 0 Å². The Morgan fingerprint density at radius 1 is 1.02 bits per heavy atom. The average Bonchev–Trinajstić information content (AvgIpc) is 3.34. The van der Waals surface area contributed by atoms with Gasteiger partial charge in [-0.15, -0.1) is 23.2 Å². The molecule has 2 aliphatic heterocycles. The number of benzene rings is 2. The number of hydrogen-bond donors (Lipinski definition) is 1. The van der Waals surface area contributed by atoms with Crippen molar-refractivity contribution in [1.82, 2.24) is 4.90 Å². The van der Waals surface area contributed by atoms with Crippen LogP contribution >= 0.6 is 71.0 Å². The molecule has 8 nitrogen and oxygen atoms in total. The summed E-state index contributed by atoms with van der Waals surface area (Å²) >= 11 is 24.8. The minimum Gasteiger partial charge on any atom is -0.503 e. The van der Waals surface area contributed by atoms with Gasteiger partial charge in [0.15, 0.2) is 21.2 Å². The highest BCUT2D eigenvalue weighted by Crippen LogP contribution is 2.66. The predicted molar refractivity (Wildman–Crippen MR) is 172 cm³/mol. The molecule has 2 saturated heterocycles. The number of alkyl halides is 3. The Morgan fingerprint density at radius 2 is 1.70 bits per heavy atom. The quantitative estimate of drug-likeness (QED) is 0.162. The molecule has 13 heteroatoms. The molecule has 4 amide bonds. The second-order valence-electron chi connectivity index (χ2n) is 11.2. The van der Waals surface area contributed by atoms with Gasteiger partial charge in [0.05, 0.1) is 34.6 Å². The molecule has 0 spiro atoms. The van der Waals surface area contributed by atoms with Gasteiger partial charge in [-0.1, -0.05) is 46.6 Å². The van der Waals surface area contributed by atoms with Crippen LogP contribution in [0.25, 0.3) is 0 Å². The Kier molecular flexibility index (Phi) is 7.85. The van der Waals surface area contributed by atoms with Gasteiger partial charge in [0.1, 0.15) is 0 Å². The van der Waals surface area contributed by atoms with Crippen molar-refractivity contribution < 1.29 is 29.0 Å². The Labute approximate surface area is 283 Å². The number of imide groups is 2. The molecule has 2 aromatic rings. The zero-order valence-electron chi connectivity index (χ0n) is 22.9. The van der Waals surface area contributed by atoms with Crippen molar-refractivity contribution in [3.8, 4) is 11.5 Å². The van der Waals surface area contributed by atoms with E-state index in [2.05, 4.69) is 47.8 Å². The van der Waals surface area contributed by atoms with Crippen LogP contribution < -0.4 is 9.64 Å². The molecule has 43 heavy (non-hydrogen) atoms. The predicted octanol–water partition coefficient (Wildman–Crippen LogP) is 6.40. The van der Waals surface area contributed by atoms with Crippen molar-refractivity contribution in [2.24, 2.45) is 17.8 Å². The number of carbonyl (C=O) groups is 4. The molecule has 0 unspecified atom stereocenters. The Morgan fingerprint density at radius 3 is 2.30 bits per heavy atom. The lowest BCUT2D eigenvalue weighted by Crippen LogP contribution is -2.60. The van der Waals surface area contributed by atoms with Gasteiger partial charge in [0, 0.05) is 10.4 Å². The molecule has 3 fully saturated rings. The maximum Gasteiger partial charge on any atom is 0.254 e. The summed E-state index contributed by atoms with van der Waals surface area (Å²) < 4.78 is 6.05. The third-order valence-electron chi connectivity index (χ3n) is 9.32. The largest absolute Gasteiger partial charge is 0.503 e. The maximum atomic E-state index is 14.2. The Bertz CT molecular complexity index is 1630. The molecular weight excluding hydrogens is 795 g/mol. The topological polar surface area (TPSA) is 104 Å². The third-order valence-corrected chi connectivity index (χ3v) is 13.4. The molecule has 6 rings (SSSR count). The highest BCUT2D eigenvalue weighted by Gasteiger charge is 2.76. The summed E-state index contributed by atoms with van der Waals surface area (Å²) in [6, 6.07) is 8.85. The molecule has 0 bridgehead atoms. The standard InChI is InChI=1S/C30H25Br3Cl2N2O6/c1-3-13-4-6-14(7-5-13)37-25(39)16-9-8-15-18(20(16)26(37)40)11-29(34)27(41)36(12-31)28(42)30(29,35)21(15)17-10-19(43-2)24(38)23(33)22(17)32/h4-8,10,16,18,20-21,38H,3,9,11-12H2,1-2H3/t16-,18+,20-,21+,29+,30-/m0/s1. The molecule has 1 N–H and O–H groups in total. The molecule has 2 aromatic carbocycles. The van der Waals surface area contributed by atoms with Gasteiger partial charge in [-0.25, -0.2) is 0 Å². The van der Waals surface area contributed by atoms with Gasteiger partial charge in [-0.05, 0) is 86.4 Å². The zero-order chi connectivity index (χ0) is 31.2. The van der Waals surface area contributed by atoms with Crippen molar-refractivity contribution in [3.63, 3.8) is 0 Å². The van der Waals surface area contributed by atoms with Gasteiger partial charge in [-0.3, -0.25) is 29.0 Å². The second-order valence-corrected chi connectivity index (χ2v) is 14.5. The van der Waals surface area contributed by atoms with Crippen LogP contribution in [-0.2, 0) is 25.6 Å². The summed E-state index contributed by atoms with van der Waals surface area (Å²) in [6.45, 7) is 2.02. The number of ether oxygens (including phenoxy) is 1. The van der Waals surface area contributed by atoms with E-state index in [9.17, 15) is 24.3 Å². The first kappa shape index (κ1) is 31.1. The van der Waals surface area contributed by atoms with E-state index in [1.165, 1.54) is 12.0 Å². The molecule has 0 radical (unpaired) electrons. The van der Waals surface area contributed by atoms with Gasteiger partial charge in [0.2, 0.25) is 11.8 Å². The fourth-order valence-electron chi connectivity index (χ4n) is 7.21. The van der Waals surface area contributed by atoms with Crippen LogP contribution in [0.3, 0.4) is 0 Å². The summed E-state index contributed by atoms with van der Waals surface area (Å²) in [5.41, 5.74) is 2.49. The number of nitrogens with zero attached hydrogens (tertiary/aromatic N) is 2. The van der Waals surface area contributed by atoms with Crippen LogP contribution in [0.4, 0.5) is 5.69 Å². The summed E-state index contributed by atoms with van der Waals surface area (Å²) in [6.07, 6.45) is 2.79. The normalized spacial score (nSPS) is 31.7.